The summed E-state index contributed by atoms with van der Waals surface area (Å²) in [6.07, 6.45) is 1.73. The van der Waals surface area contributed by atoms with Crippen molar-refractivity contribution in [2.24, 2.45) is 0 Å². The van der Waals surface area contributed by atoms with Gasteiger partial charge in [-0.2, -0.15) is 0 Å². The Morgan fingerprint density at radius 3 is 2.86 bits per heavy atom. The molecule has 1 aromatic heterocycles. The van der Waals surface area contributed by atoms with Crippen LogP contribution in [0.15, 0.2) is 53.3 Å². The number of amides is 1. The van der Waals surface area contributed by atoms with Crippen LogP contribution >= 0.6 is 0 Å². The van der Waals surface area contributed by atoms with E-state index >= 15 is 0 Å². The number of H-pyrrole nitrogens is 1. The van der Waals surface area contributed by atoms with Gasteiger partial charge in [-0.3, -0.25) is 9.59 Å². The molecule has 1 fully saturated rings. The minimum absolute atomic E-state index is 0.0747. The van der Waals surface area contributed by atoms with Crippen molar-refractivity contribution >= 4 is 16.8 Å². The van der Waals surface area contributed by atoms with E-state index in [9.17, 15) is 14.0 Å². The molecule has 4 rings (SSSR count). The third-order valence-electron chi connectivity index (χ3n) is 5.24. The largest absolute Gasteiger partial charge is 0.376 e. The van der Waals surface area contributed by atoms with Crippen molar-refractivity contribution in [3.05, 3.63) is 81.4 Å². The number of nitrogens with one attached hydrogen (secondary N) is 1. The van der Waals surface area contributed by atoms with Crippen molar-refractivity contribution in [2.45, 2.75) is 32.4 Å². The molecular formula is C23H23FN2O3. The van der Waals surface area contributed by atoms with E-state index in [1.807, 2.05) is 31.2 Å². The number of hydrogen-bond acceptors (Lipinski definition) is 3. The van der Waals surface area contributed by atoms with E-state index in [0.717, 1.165) is 29.3 Å². The standard InChI is InChI=1S/C23H23FN2O3/c1-15-7-8-21-17(10-15)11-18(22(27)25-21)13-26(14-20-6-3-9-29-20)23(28)16-4-2-5-19(24)12-16/h2,4-5,7-8,10-12,20H,3,6,9,13-14H2,1H3,(H,25,27)/t20-/m0/s1. The number of benzene rings is 2. The zero-order valence-electron chi connectivity index (χ0n) is 16.3. The summed E-state index contributed by atoms with van der Waals surface area (Å²) in [5, 5.41) is 0.912. The number of hydrogen-bond donors (Lipinski definition) is 1. The molecule has 1 atom stereocenters. The van der Waals surface area contributed by atoms with Crippen LogP contribution in [-0.4, -0.2) is 35.0 Å². The van der Waals surface area contributed by atoms with E-state index < -0.39 is 5.82 Å². The Balaban J connectivity index is 1.67. The zero-order valence-corrected chi connectivity index (χ0v) is 16.3. The maximum absolute atomic E-state index is 13.6. The Morgan fingerprint density at radius 1 is 1.24 bits per heavy atom. The fourth-order valence-electron chi connectivity index (χ4n) is 3.75. The molecule has 0 aliphatic carbocycles. The highest BCUT2D eigenvalue weighted by Gasteiger charge is 2.24. The highest BCUT2D eigenvalue weighted by Crippen LogP contribution is 2.19. The molecule has 1 aliphatic heterocycles. The number of ether oxygens (including phenoxy) is 1. The second-order valence-corrected chi connectivity index (χ2v) is 7.55. The van der Waals surface area contributed by atoms with Crippen molar-refractivity contribution in [1.82, 2.24) is 9.88 Å². The molecule has 6 heteroatoms. The van der Waals surface area contributed by atoms with Crippen LogP contribution in [0.2, 0.25) is 0 Å². The van der Waals surface area contributed by atoms with E-state index in [-0.39, 0.29) is 29.7 Å². The summed E-state index contributed by atoms with van der Waals surface area (Å²) in [6.45, 7) is 3.15. The van der Waals surface area contributed by atoms with Gasteiger partial charge in [0, 0.05) is 29.8 Å². The van der Waals surface area contributed by atoms with Gasteiger partial charge in [-0.15, -0.1) is 0 Å². The quantitative estimate of drug-likeness (QED) is 0.716. The average molecular weight is 394 g/mol. The van der Waals surface area contributed by atoms with Crippen molar-refractivity contribution < 1.29 is 13.9 Å². The number of halogens is 1. The molecule has 1 aliphatic rings. The highest BCUT2D eigenvalue weighted by molar-refractivity contribution is 5.94. The van der Waals surface area contributed by atoms with Crippen molar-refractivity contribution in [1.29, 1.82) is 0 Å². The fourth-order valence-corrected chi connectivity index (χ4v) is 3.75. The molecule has 2 heterocycles. The lowest BCUT2D eigenvalue weighted by Gasteiger charge is -2.25. The number of aryl methyl sites for hydroxylation is 1. The van der Waals surface area contributed by atoms with Crippen LogP contribution in [0.5, 0.6) is 0 Å². The topological polar surface area (TPSA) is 62.4 Å². The van der Waals surface area contributed by atoms with Gasteiger partial charge in [0.05, 0.1) is 12.6 Å². The maximum atomic E-state index is 13.6. The van der Waals surface area contributed by atoms with E-state index in [0.29, 0.717) is 18.7 Å². The fraction of sp³-hybridized carbons (Fsp3) is 0.304. The van der Waals surface area contributed by atoms with Crippen LogP contribution in [0.4, 0.5) is 4.39 Å². The van der Waals surface area contributed by atoms with E-state index in [1.165, 1.54) is 18.2 Å². The minimum Gasteiger partial charge on any atom is -0.376 e. The summed E-state index contributed by atoms with van der Waals surface area (Å²) in [5.41, 5.74) is 2.36. The molecular weight excluding hydrogens is 371 g/mol. The summed E-state index contributed by atoms with van der Waals surface area (Å²) >= 11 is 0. The monoisotopic (exact) mass is 394 g/mol. The van der Waals surface area contributed by atoms with Crippen molar-refractivity contribution in [3.8, 4) is 0 Å². The Labute approximate surface area is 168 Å². The molecule has 0 spiro atoms. The summed E-state index contributed by atoms with van der Waals surface area (Å²) in [6, 6.07) is 13.2. The van der Waals surface area contributed by atoms with Crippen LogP contribution in [0, 0.1) is 12.7 Å². The van der Waals surface area contributed by atoms with Gasteiger partial charge >= 0.3 is 0 Å². The molecule has 29 heavy (non-hydrogen) atoms. The molecule has 3 aromatic rings. The molecule has 2 aromatic carbocycles. The highest BCUT2D eigenvalue weighted by atomic mass is 19.1. The molecule has 1 saturated heterocycles. The van der Waals surface area contributed by atoms with Gasteiger partial charge in [0.2, 0.25) is 0 Å². The molecule has 1 amide bonds. The van der Waals surface area contributed by atoms with Gasteiger partial charge in [-0.25, -0.2) is 4.39 Å². The number of rotatable bonds is 5. The SMILES string of the molecule is Cc1ccc2[nH]c(=O)c(CN(C[C@@H]3CCCO3)C(=O)c3cccc(F)c3)cc2c1. The van der Waals surface area contributed by atoms with Crippen molar-refractivity contribution in [3.63, 3.8) is 0 Å². The predicted molar refractivity (Wildman–Crippen MR) is 109 cm³/mol. The number of nitrogens with zero attached hydrogens (tertiary/aromatic N) is 1. The molecule has 150 valence electrons. The summed E-state index contributed by atoms with van der Waals surface area (Å²) < 4.78 is 19.3. The van der Waals surface area contributed by atoms with Crippen LogP contribution in [0.1, 0.15) is 34.3 Å². The summed E-state index contributed by atoms with van der Waals surface area (Å²) in [5.74, 6) is -0.782. The van der Waals surface area contributed by atoms with Gasteiger partial charge in [0.1, 0.15) is 5.82 Å². The molecule has 1 N–H and O–H groups in total. The van der Waals surface area contributed by atoms with E-state index in [1.54, 1.807) is 11.0 Å². The molecule has 5 nitrogen and oxygen atoms in total. The number of pyridine rings is 1. The lowest BCUT2D eigenvalue weighted by Crippen LogP contribution is -2.38. The second kappa shape index (κ2) is 8.17. The van der Waals surface area contributed by atoms with Gasteiger partial charge in [0.25, 0.3) is 11.5 Å². The van der Waals surface area contributed by atoms with Crippen molar-refractivity contribution in [2.75, 3.05) is 13.2 Å². The van der Waals surface area contributed by atoms with Gasteiger partial charge in [-0.1, -0.05) is 17.7 Å². The molecule has 0 radical (unpaired) electrons. The summed E-state index contributed by atoms with van der Waals surface area (Å²) in [4.78, 5) is 30.2. The number of aromatic nitrogens is 1. The first-order valence-electron chi connectivity index (χ1n) is 9.78. The number of aromatic amines is 1. The predicted octanol–water partition coefficient (Wildman–Crippen LogP) is 3.80. The molecule has 0 saturated carbocycles. The first-order valence-corrected chi connectivity index (χ1v) is 9.78. The smallest absolute Gasteiger partial charge is 0.254 e. The third-order valence-corrected chi connectivity index (χ3v) is 5.24. The number of fused-ring (bicyclic) bond motifs is 1. The van der Waals surface area contributed by atoms with Crippen LogP contribution in [-0.2, 0) is 11.3 Å². The summed E-state index contributed by atoms with van der Waals surface area (Å²) in [7, 11) is 0. The van der Waals surface area contributed by atoms with Crippen LogP contribution in [0.3, 0.4) is 0 Å². The number of carbonyl (C=O) groups is 1. The Hall–Kier alpha value is -2.99. The van der Waals surface area contributed by atoms with Crippen LogP contribution in [0.25, 0.3) is 10.9 Å². The zero-order chi connectivity index (χ0) is 20.4. The van der Waals surface area contributed by atoms with E-state index in [2.05, 4.69) is 4.98 Å². The first kappa shape index (κ1) is 19.3. The van der Waals surface area contributed by atoms with Gasteiger partial charge in [-0.05, 0) is 61.5 Å². The van der Waals surface area contributed by atoms with Gasteiger partial charge < -0.3 is 14.6 Å². The number of carbonyl (C=O) groups excluding carboxylic acids is 1. The van der Waals surface area contributed by atoms with Gasteiger partial charge in [0.15, 0.2) is 0 Å². The third kappa shape index (κ3) is 4.38. The maximum Gasteiger partial charge on any atom is 0.254 e. The molecule has 0 bridgehead atoms. The van der Waals surface area contributed by atoms with Crippen LogP contribution < -0.4 is 5.56 Å². The first-order chi connectivity index (χ1) is 14.0. The Morgan fingerprint density at radius 2 is 2.10 bits per heavy atom. The normalized spacial score (nSPS) is 16.3. The van der Waals surface area contributed by atoms with E-state index in [4.69, 9.17) is 4.74 Å². The molecule has 0 unspecified atom stereocenters. The average Bonchev–Trinajstić information content (AvgIpc) is 3.21. The minimum atomic E-state index is -0.466. The lowest BCUT2D eigenvalue weighted by molar-refractivity contribution is 0.0506. The Kier molecular flexibility index (Phi) is 5.45. The lowest BCUT2D eigenvalue weighted by atomic mass is 10.1. The second-order valence-electron chi connectivity index (χ2n) is 7.55. The Bertz CT molecular complexity index is 1100.